The van der Waals surface area contributed by atoms with E-state index >= 15 is 0 Å². The number of hydrogen-bond donors (Lipinski definition) is 2. The molecule has 1 fully saturated rings. The summed E-state index contributed by atoms with van der Waals surface area (Å²) < 4.78 is 0. The van der Waals surface area contributed by atoms with E-state index in [0.29, 0.717) is 18.3 Å². The van der Waals surface area contributed by atoms with Gasteiger partial charge in [0.25, 0.3) is 5.91 Å². The molecule has 5 heteroatoms. The molecule has 0 atom stereocenters. The lowest BCUT2D eigenvalue weighted by Crippen LogP contribution is -2.31. The second-order valence-corrected chi connectivity index (χ2v) is 6.32. The highest BCUT2D eigenvalue weighted by Gasteiger charge is 2.13. The van der Waals surface area contributed by atoms with E-state index in [9.17, 15) is 4.79 Å². The van der Waals surface area contributed by atoms with Crippen molar-refractivity contribution < 1.29 is 4.79 Å². The van der Waals surface area contributed by atoms with Crippen LogP contribution in [0.3, 0.4) is 0 Å². The first-order chi connectivity index (χ1) is 10.6. The highest BCUT2D eigenvalue weighted by atomic mass is 16.1. The third-order valence-corrected chi connectivity index (χ3v) is 4.06. The van der Waals surface area contributed by atoms with Gasteiger partial charge in [0.2, 0.25) is 0 Å². The van der Waals surface area contributed by atoms with Crippen molar-refractivity contribution in [3.63, 3.8) is 0 Å². The summed E-state index contributed by atoms with van der Waals surface area (Å²) in [6.45, 7) is 1.46. The SMILES string of the molecule is CN(C)CCNC(=O)c1cc(NC2CCCCCC2)ccn1. The first kappa shape index (κ1) is 16.7. The van der Waals surface area contributed by atoms with Crippen LogP contribution >= 0.6 is 0 Å². The highest BCUT2D eigenvalue weighted by Crippen LogP contribution is 2.21. The number of amides is 1. The van der Waals surface area contributed by atoms with Gasteiger partial charge in [-0.1, -0.05) is 25.7 Å². The van der Waals surface area contributed by atoms with Crippen molar-refractivity contribution in [1.29, 1.82) is 0 Å². The number of aromatic nitrogens is 1. The molecule has 1 amide bonds. The van der Waals surface area contributed by atoms with Crippen LogP contribution in [0.5, 0.6) is 0 Å². The molecule has 0 bridgehead atoms. The smallest absolute Gasteiger partial charge is 0.269 e. The average Bonchev–Trinajstić information content (AvgIpc) is 2.76. The molecular formula is C17H28N4O. The minimum atomic E-state index is -0.105. The van der Waals surface area contributed by atoms with Gasteiger partial charge in [0.15, 0.2) is 0 Å². The molecule has 2 N–H and O–H groups in total. The summed E-state index contributed by atoms with van der Waals surface area (Å²) in [6, 6.07) is 4.33. The molecular weight excluding hydrogens is 276 g/mol. The number of rotatable bonds is 6. The van der Waals surface area contributed by atoms with Gasteiger partial charge in [-0.25, -0.2) is 0 Å². The van der Waals surface area contributed by atoms with E-state index < -0.39 is 0 Å². The highest BCUT2D eigenvalue weighted by molar-refractivity contribution is 5.93. The molecule has 22 heavy (non-hydrogen) atoms. The van der Waals surface area contributed by atoms with Gasteiger partial charge in [-0.3, -0.25) is 9.78 Å². The van der Waals surface area contributed by atoms with Crippen molar-refractivity contribution >= 4 is 11.6 Å². The molecule has 1 aromatic heterocycles. The zero-order chi connectivity index (χ0) is 15.8. The van der Waals surface area contributed by atoms with Gasteiger partial charge in [-0.05, 0) is 39.1 Å². The predicted octanol–water partition coefficient (Wildman–Crippen LogP) is 2.51. The van der Waals surface area contributed by atoms with Gasteiger partial charge in [0.05, 0.1) is 0 Å². The molecule has 5 nitrogen and oxygen atoms in total. The number of nitrogens with zero attached hydrogens (tertiary/aromatic N) is 2. The Morgan fingerprint density at radius 1 is 1.27 bits per heavy atom. The maximum atomic E-state index is 12.1. The Balaban J connectivity index is 1.89. The molecule has 0 aliphatic heterocycles. The molecule has 1 aliphatic carbocycles. The molecule has 0 aromatic carbocycles. The van der Waals surface area contributed by atoms with Gasteiger partial charge >= 0.3 is 0 Å². The molecule has 1 saturated carbocycles. The van der Waals surface area contributed by atoms with Gasteiger partial charge < -0.3 is 15.5 Å². The lowest BCUT2D eigenvalue weighted by atomic mass is 10.1. The normalized spacial score (nSPS) is 16.3. The van der Waals surface area contributed by atoms with E-state index in [1.165, 1.54) is 38.5 Å². The van der Waals surface area contributed by atoms with E-state index in [4.69, 9.17) is 0 Å². The topological polar surface area (TPSA) is 57.3 Å². The summed E-state index contributed by atoms with van der Waals surface area (Å²) in [6.07, 6.45) is 9.41. The number of pyridine rings is 1. The van der Waals surface area contributed by atoms with E-state index in [1.54, 1.807) is 6.20 Å². The summed E-state index contributed by atoms with van der Waals surface area (Å²) in [5.74, 6) is -0.105. The van der Waals surface area contributed by atoms with E-state index in [-0.39, 0.29) is 5.91 Å². The van der Waals surface area contributed by atoms with Crippen molar-refractivity contribution in [2.75, 3.05) is 32.5 Å². The van der Waals surface area contributed by atoms with Crippen LogP contribution < -0.4 is 10.6 Å². The Bertz CT molecular complexity index is 467. The Hall–Kier alpha value is -1.62. The molecule has 0 unspecified atom stereocenters. The van der Waals surface area contributed by atoms with Gasteiger partial charge in [-0.15, -0.1) is 0 Å². The Morgan fingerprint density at radius 3 is 2.68 bits per heavy atom. The standard InChI is InChI=1S/C17H28N4O/c1-21(2)12-11-19-17(22)16-13-15(9-10-18-16)20-14-7-5-3-4-6-8-14/h9-10,13-14H,3-8,11-12H2,1-2H3,(H,18,20)(H,19,22). The largest absolute Gasteiger partial charge is 0.382 e. The van der Waals surface area contributed by atoms with Crippen molar-refractivity contribution in [2.24, 2.45) is 0 Å². The average molecular weight is 304 g/mol. The molecule has 122 valence electrons. The number of nitrogens with one attached hydrogen (secondary N) is 2. The molecule has 1 aliphatic rings. The third-order valence-electron chi connectivity index (χ3n) is 4.06. The molecule has 0 saturated heterocycles. The van der Waals surface area contributed by atoms with E-state index in [1.807, 2.05) is 31.1 Å². The molecule has 0 radical (unpaired) electrons. The lowest BCUT2D eigenvalue weighted by Gasteiger charge is -2.18. The minimum Gasteiger partial charge on any atom is -0.382 e. The molecule has 2 rings (SSSR count). The fourth-order valence-electron chi connectivity index (χ4n) is 2.79. The van der Waals surface area contributed by atoms with Crippen molar-refractivity contribution in [3.05, 3.63) is 24.0 Å². The second-order valence-electron chi connectivity index (χ2n) is 6.32. The van der Waals surface area contributed by atoms with Crippen molar-refractivity contribution in [3.8, 4) is 0 Å². The van der Waals surface area contributed by atoms with Gasteiger partial charge in [0, 0.05) is 31.0 Å². The molecule has 1 heterocycles. The van der Waals surface area contributed by atoms with E-state index in [2.05, 4.69) is 15.6 Å². The zero-order valence-electron chi connectivity index (χ0n) is 13.8. The number of likely N-dealkylation sites (N-methyl/N-ethyl adjacent to an activating group) is 1. The van der Waals surface area contributed by atoms with Crippen LogP contribution in [0.2, 0.25) is 0 Å². The number of hydrogen-bond acceptors (Lipinski definition) is 4. The molecule has 0 spiro atoms. The molecule has 1 aromatic rings. The maximum absolute atomic E-state index is 12.1. The maximum Gasteiger partial charge on any atom is 0.269 e. The summed E-state index contributed by atoms with van der Waals surface area (Å²) in [7, 11) is 3.98. The van der Waals surface area contributed by atoms with Crippen molar-refractivity contribution in [2.45, 2.75) is 44.6 Å². The lowest BCUT2D eigenvalue weighted by molar-refractivity contribution is 0.0946. The minimum absolute atomic E-state index is 0.105. The number of carbonyl (C=O) groups is 1. The van der Waals surface area contributed by atoms with Crippen LogP contribution in [0.25, 0.3) is 0 Å². The first-order valence-corrected chi connectivity index (χ1v) is 8.30. The summed E-state index contributed by atoms with van der Waals surface area (Å²) in [5.41, 5.74) is 1.48. The summed E-state index contributed by atoms with van der Waals surface area (Å²) in [4.78, 5) is 18.3. The predicted molar refractivity (Wildman–Crippen MR) is 90.2 cm³/mol. The van der Waals surface area contributed by atoms with Crippen LogP contribution in [0.4, 0.5) is 5.69 Å². The van der Waals surface area contributed by atoms with Crippen LogP contribution in [-0.4, -0.2) is 49.0 Å². The first-order valence-electron chi connectivity index (χ1n) is 8.30. The summed E-state index contributed by atoms with van der Waals surface area (Å²) >= 11 is 0. The van der Waals surface area contributed by atoms with Crippen LogP contribution in [0.15, 0.2) is 18.3 Å². The van der Waals surface area contributed by atoms with Crippen LogP contribution in [0, 0.1) is 0 Å². The Kier molecular flexibility index (Phi) is 6.65. The Morgan fingerprint density at radius 2 is 2.00 bits per heavy atom. The van der Waals surface area contributed by atoms with E-state index in [0.717, 1.165) is 12.2 Å². The fourth-order valence-corrected chi connectivity index (χ4v) is 2.79. The monoisotopic (exact) mass is 304 g/mol. The van der Waals surface area contributed by atoms with Crippen molar-refractivity contribution in [1.82, 2.24) is 15.2 Å². The van der Waals surface area contributed by atoms with Crippen LogP contribution in [-0.2, 0) is 0 Å². The quantitative estimate of drug-likeness (QED) is 0.793. The fraction of sp³-hybridized carbons (Fsp3) is 0.647. The third kappa shape index (κ3) is 5.64. The zero-order valence-corrected chi connectivity index (χ0v) is 13.8. The Labute approximate surface area is 133 Å². The number of carbonyl (C=O) groups excluding carboxylic acids is 1. The van der Waals surface area contributed by atoms with Crippen LogP contribution in [0.1, 0.15) is 49.0 Å². The number of anilines is 1. The van der Waals surface area contributed by atoms with Gasteiger partial charge in [-0.2, -0.15) is 0 Å². The second kappa shape index (κ2) is 8.73. The summed E-state index contributed by atoms with van der Waals surface area (Å²) in [5, 5.41) is 6.46. The van der Waals surface area contributed by atoms with Gasteiger partial charge in [0.1, 0.15) is 5.69 Å².